The first kappa shape index (κ1) is 20.7. The number of hydrogen-bond donors (Lipinski definition) is 1. The van der Waals surface area contributed by atoms with Gasteiger partial charge in [-0.3, -0.25) is 0 Å². The maximum atomic E-state index is 13.0. The van der Waals surface area contributed by atoms with Crippen molar-refractivity contribution in [2.45, 2.75) is 19.6 Å². The van der Waals surface area contributed by atoms with Crippen molar-refractivity contribution >= 4 is 0 Å². The molecule has 0 aromatic heterocycles. The summed E-state index contributed by atoms with van der Waals surface area (Å²) < 4.78 is 29.4. The van der Waals surface area contributed by atoms with Gasteiger partial charge in [-0.2, -0.15) is 0 Å². The second-order valence-corrected chi connectivity index (χ2v) is 6.68. The van der Waals surface area contributed by atoms with Crippen LogP contribution in [0.5, 0.6) is 17.2 Å². The van der Waals surface area contributed by atoms with E-state index in [2.05, 4.69) is 11.4 Å². The van der Waals surface area contributed by atoms with Crippen LogP contribution in [0.3, 0.4) is 0 Å². The summed E-state index contributed by atoms with van der Waals surface area (Å²) in [5.74, 6) is 2.04. The molecule has 0 aliphatic rings. The smallest absolute Gasteiger partial charge is 0.160 e. The summed E-state index contributed by atoms with van der Waals surface area (Å²) in [6, 6.07) is 20.3. The second-order valence-electron chi connectivity index (χ2n) is 6.68. The first-order valence-corrected chi connectivity index (χ1v) is 9.56. The molecule has 5 heteroatoms. The van der Waals surface area contributed by atoms with E-state index in [1.807, 2.05) is 36.4 Å². The van der Waals surface area contributed by atoms with Gasteiger partial charge in [0.2, 0.25) is 0 Å². The van der Waals surface area contributed by atoms with Crippen molar-refractivity contribution in [2.24, 2.45) is 0 Å². The van der Waals surface area contributed by atoms with Crippen LogP contribution >= 0.6 is 0 Å². The maximum absolute atomic E-state index is 13.0. The average Bonchev–Trinajstić information content (AvgIpc) is 2.76. The van der Waals surface area contributed by atoms with Crippen molar-refractivity contribution in [1.29, 1.82) is 0 Å². The predicted octanol–water partition coefficient (Wildman–Crippen LogP) is 4.75. The highest BCUT2D eigenvalue weighted by atomic mass is 19.1. The third-order valence-electron chi connectivity index (χ3n) is 4.58. The molecular weight excluding hydrogens is 369 g/mol. The highest BCUT2D eigenvalue weighted by molar-refractivity contribution is 5.43. The molecule has 0 saturated carbocycles. The van der Waals surface area contributed by atoms with Gasteiger partial charge < -0.3 is 19.5 Å². The monoisotopic (exact) mass is 395 g/mol. The van der Waals surface area contributed by atoms with E-state index < -0.39 is 0 Å². The van der Waals surface area contributed by atoms with E-state index in [0.29, 0.717) is 6.61 Å². The largest absolute Gasteiger partial charge is 0.493 e. The Labute approximate surface area is 171 Å². The summed E-state index contributed by atoms with van der Waals surface area (Å²) >= 11 is 0. The molecule has 152 valence electrons. The van der Waals surface area contributed by atoms with E-state index in [1.54, 1.807) is 26.4 Å². The molecule has 0 atom stereocenters. The molecule has 1 N–H and O–H groups in total. The van der Waals surface area contributed by atoms with Gasteiger partial charge in [-0.25, -0.2) is 4.39 Å². The highest BCUT2D eigenvalue weighted by Crippen LogP contribution is 2.27. The first-order valence-electron chi connectivity index (χ1n) is 9.56. The summed E-state index contributed by atoms with van der Waals surface area (Å²) in [7, 11) is 3.28. The van der Waals surface area contributed by atoms with E-state index in [1.165, 1.54) is 17.7 Å². The van der Waals surface area contributed by atoms with Crippen LogP contribution in [0, 0.1) is 5.82 Å². The number of nitrogens with one attached hydrogen (secondary N) is 1. The van der Waals surface area contributed by atoms with Crippen LogP contribution < -0.4 is 19.5 Å². The van der Waals surface area contributed by atoms with Crippen molar-refractivity contribution in [3.05, 3.63) is 89.2 Å². The number of ether oxygens (including phenoxy) is 3. The van der Waals surface area contributed by atoms with Crippen LogP contribution in [0.25, 0.3) is 0 Å². The SMILES string of the molecule is COc1ccc(CCNCc2cccc(OCc3ccc(F)cc3)c2)cc1OC. The van der Waals surface area contributed by atoms with Crippen molar-refractivity contribution in [3.8, 4) is 17.2 Å². The van der Waals surface area contributed by atoms with E-state index in [9.17, 15) is 4.39 Å². The molecule has 0 unspecified atom stereocenters. The number of hydrogen-bond acceptors (Lipinski definition) is 4. The summed E-state index contributed by atoms with van der Waals surface area (Å²) in [5.41, 5.74) is 3.27. The lowest BCUT2D eigenvalue weighted by atomic mass is 10.1. The van der Waals surface area contributed by atoms with E-state index >= 15 is 0 Å². The van der Waals surface area contributed by atoms with Crippen molar-refractivity contribution in [3.63, 3.8) is 0 Å². The molecule has 0 heterocycles. The molecule has 0 aliphatic heterocycles. The Morgan fingerprint density at radius 1 is 0.793 bits per heavy atom. The Morgan fingerprint density at radius 3 is 2.31 bits per heavy atom. The van der Waals surface area contributed by atoms with Gasteiger partial charge in [-0.15, -0.1) is 0 Å². The Kier molecular flexibility index (Phi) is 7.47. The van der Waals surface area contributed by atoms with E-state index in [-0.39, 0.29) is 5.82 Å². The zero-order chi connectivity index (χ0) is 20.5. The molecule has 3 aromatic rings. The van der Waals surface area contributed by atoms with Crippen LogP contribution in [0.15, 0.2) is 66.7 Å². The number of methoxy groups -OCH3 is 2. The highest BCUT2D eigenvalue weighted by Gasteiger charge is 2.04. The van der Waals surface area contributed by atoms with Gasteiger partial charge in [0.05, 0.1) is 14.2 Å². The molecule has 0 saturated heterocycles. The molecule has 4 nitrogen and oxygen atoms in total. The fraction of sp³-hybridized carbons (Fsp3) is 0.250. The van der Waals surface area contributed by atoms with Crippen molar-refractivity contribution < 1.29 is 18.6 Å². The lowest BCUT2D eigenvalue weighted by Gasteiger charge is -2.11. The van der Waals surface area contributed by atoms with Gasteiger partial charge in [-0.1, -0.05) is 30.3 Å². The minimum absolute atomic E-state index is 0.241. The van der Waals surface area contributed by atoms with Crippen LogP contribution in [0.4, 0.5) is 4.39 Å². The standard InChI is InChI=1S/C24H26FNO3/c1-27-23-11-8-18(15-24(23)28-2)12-13-26-16-20-4-3-5-22(14-20)29-17-19-6-9-21(25)10-7-19/h3-11,14-15,26H,12-13,16-17H2,1-2H3. The van der Waals surface area contributed by atoms with Crippen molar-refractivity contribution in [2.75, 3.05) is 20.8 Å². The fourth-order valence-corrected chi connectivity index (χ4v) is 2.99. The summed E-state index contributed by atoms with van der Waals surface area (Å²) in [5, 5.41) is 3.45. The van der Waals surface area contributed by atoms with Crippen molar-refractivity contribution in [1.82, 2.24) is 5.32 Å². The van der Waals surface area contributed by atoms with Gasteiger partial charge in [-0.05, 0) is 66.1 Å². The quantitative estimate of drug-likeness (QED) is 0.503. The van der Waals surface area contributed by atoms with Gasteiger partial charge in [0, 0.05) is 6.54 Å². The van der Waals surface area contributed by atoms with Crippen LogP contribution in [0.1, 0.15) is 16.7 Å². The maximum Gasteiger partial charge on any atom is 0.160 e. The molecular formula is C24H26FNO3. The van der Waals surface area contributed by atoms with Crippen LogP contribution in [-0.4, -0.2) is 20.8 Å². The van der Waals surface area contributed by atoms with E-state index in [0.717, 1.165) is 47.9 Å². The molecule has 0 spiro atoms. The summed E-state index contributed by atoms with van der Waals surface area (Å²) in [6.45, 7) is 2.01. The Balaban J connectivity index is 1.46. The molecule has 0 amide bonds. The second kappa shape index (κ2) is 10.5. The van der Waals surface area contributed by atoms with Gasteiger partial charge in [0.15, 0.2) is 11.5 Å². The molecule has 3 rings (SSSR count). The minimum Gasteiger partial charge on any atom is -0.493 e. The lowest BCUT2D eigenvalue weighted by molar-refractivity contribution is 0.305. The molecule has 3 aromatic carbocycles. The van der Waals surface area contributed by atoms with Gasteiger partial charge in [0.1, 0.15) is 18.2 Å². The van der Waals surface area contributed by atoms with E-state index in [4.69, 9.17) is 14.2 Å². The minimum atomic E-state index is -0.241. The number of benzene rings is 3. The first-order chi connectivity index (χ1) is 14.2. The van der Waals surface area contributed by atoms with Gasteiger partial charge >= 0.3 is 0 Å². The third-order valence-corrected chi connectivity index (χ3v) is 4.58. The summed E-state index contributed by atoms with van der Waals surface area (Å²) in [6.07, 6.45) is 0.890. The topological polar surface area (TPSA) is 39.7 Å². The molecule has 0 aliphatic carbocycles. The lowest BCUT2D eigenvalue weighted by Crippen LogP contribution is -2.16. The number of halogens is 1. The van der Waals surface area contributed by atoms with Crippen LogP contribution in [0.2, 0.25) is 0 Å². The molecule has 0 fully saturated rings. The Bertz CT molecular complexity index is 912. The molecule has 29 heavy (non-hydrogen) atoms. The normalized spacial score (nSPS) is 10.6. The average molecular weight is 395 g/mol. The van der Waals surface area contributed by atoms with Gasteiger partial charge in [0.25, 0.3) is 0 Å². The molecule has 0 radical (unpaired) electrons. The summed E-state index contributed by atoms with van der Waals surface area (Å²) in [4.78, 5) is 0. The number of rotatable bonds is 10. The fourth-order valence-electron chi connectivity index (χ4n) is 2.99. The zero-order valence-corrected chi connectivity index (χ0v) is 16.8. The molecule has 0 bridgehead atoms. The Morgan fingerprint density at radius 2 is 1.55 bits per heavy atom. The third kappa shape index (κ3) is 6.22. The Hall–Kier alpha value is -3.05. The predicted molar refractivity (Wildman–Crippen MR) is 112 cm³/mol. The van der Waals surface area contributed by atoms with Crippen LogP contribution in [-0.2, 0) is 19.6 Å². The zero-order valence-electron chi connectivity index (χ0n) is 16.8.